The molecule has 2 nitrogen and oxygen atoms in total. The molecule has 0 bridgehead atoms. The maximum absolute atomic E-state index is 11.8. The van der Waals surface area contributed by atoms with Crippen LogP contribution in [0.5, 0.6) is 0 Å². The molecule has 3 aromatic rings. The number of nitrogens with two attached hydrogens (primary N) is 1. The van der Waals surface area contributed by atoms with Crippen LogP contribution in [-0.2, 0) is 11.3 Å². The van der Waals surface area contributed by atoms with Gasteiger partial charge in [0.15, 0.2) is 0 Å². The number of Topliss-reactive ketones (excluding diaryl/α,β-unsaturated/α-hetero) is 1. The Hall–Kier alpha value is -2.89. The van der Waals surface area contributed by atoms with Gasteiger partial charge in [0.2, 0.25) is 0 Å². The third-order valence-electron chi connectivity index (χ3n) is 4.31. The molecule has 2 N–H and O–H groups in total. The van der Waals surface area contributed by atoms with E-state index in [4.69, 9.17) is 5.73 Å². The lowest BCUT2D eigenvalue weighted by atomic mass is 9.90. The van der Waals surface area contributed by atoms with Crippen molar-refractivity contribution in [1.29, 1.82) is 0 Å². The van der Waals surface area contributed by atoms with E-state index < -0.39 is 0 Å². The Morgan fingerprint density at radius 1 is 1.00 bits per heavy atom. The summed E-state index contributed by atoms with van der Waals surface area (Å²) in [5.41, 5.74) is 8.86. The van der Waals surface area contributed by atoms with Gasteiger partial charge in [-0.15, -0.1) is 0 Å². The van der Waals surface area contributed by atoms with Gasteiger partial charge in [-0.1, -0.05) is 72.5 Å². The quantitative estimate of drug-likeness (QED) is 0.721. The number of hydrogen-bond acceptors (Lipinski definition) is 2. The number of ketones is 1. The van der Waals surface area contributed by atoms with Crippen molar-refractivity contribution in [1.82, 2.24) is 0 Å². The van der Waals surface area contributed by atoms with Gasteiger partial charge in [-0.3, -0.25) is 4.79 Å². The number of fused-ring (bicyclic) bond motifs is 1. The van der Waals surface area contributed by atoms with Crippen molar-refractivity contribution in [2.75, 3.05) is 0 Å². The van der Waals surface area contributed by atoms with Crippen LogP contribution in [0.2, 0.25) is 0 Å². The van der Waals surface area contributed by atoms with Crippen molar-refractivity contribution in [2.24, 2.45) is 5.73 Å². The monoisotopic (exact) mass is 327 g/mol. The highest BCUT2D eigenvalue weighted by molar-refractivity contribution is 5.87. The zero-order valence-corrected chi connectivity index (χ0v) is 14.3. The molecule has 3 rings (SSSR count). The molecule has 0 amide bonds. The third kappa shape index (κ3) is 3.96. The smallest absolute Gasteiger partial charge is 0.131 e. The van der Waals surface area contributed by atoms with Crippen LogP contribution >= 0.6 is 0 Å². The molecule has 0 aliphatic rings. The van der Waals surface area contributed by atoms with E-state index in [1.807, 2.05) is 42.5 Å². The minimum Gasteiger partial charge on any atom is -0.326 e. The van der Waals surface area contributed by atoms with Crippen LogP contribution < -0.4 is 5.73 Å². The van der Waals surface area contributed by atoms with Crippen LogP contribution in [0.25, 0.3) is 10.8 Å². The molecule has 0 heterocycles. The molecule has 0 saturated heterocycles. The van der Waals surface area contributed by atoms with Gasteiger partial charge < -0.3 is 5.73 Å². The average Bonchev–Trinajstić information content (AvgIpc) is 2.64. The SMILES string of the molecule is CC(=O)CC(C#Cc1ccccc1CN)c1cccc2ccccc12. The molecule has 0 radical (unpaired) electrons. The van der Waals surface area contributed by atoms with Gasteiger partial charge >= 0.3 is 0 Å². The van der Waals surface area contributed by atoms with E-state index in [0.717, 1.165) is 27.5 Å². The van der Waals surface area contributed by atoms with E-state index in [1.165, 1.54) is 0 Å². The van der Waals surface area contributed by atoms with Crippen LogP contribution in [0.4, 0.5) is 0 Å². The van der Waals surface area contributed by atoms with Crippen molar-refractivity contribution < 1.29 is 4.79 Å². The Morgan fingerprint density at radius 3 is 2.52 bits per heavy atom. The average molecular weight is 327 g/mol. The molecule has 0 aliphatic heterocycles. The Morgan fingerprint density at radius 2 is 1.72 bits per heavy atom. The first-order chi connectivity index (χ1) is 12.2. The van der Waals surface area contributed by atoms with E-state index in [1.54, 1.807) is 6.92 Å². The Balaban J connectivity index is 2.07. The summed E-state index contributed by atoms with van der Waals surface area (Å²) in [5, 5.41) is 2.32. The van der Waals surface area contributed by atoms with E-state index in [2.05, 4.69) is 36.1 Å². The number of carbonyl (C=O) groups excluding carboxylic acids is 1. The minimum absolute atomic E-state index is 0.130. The van der Waals surface area contributed by atoms with Crippen LogP contribution in [-0.4, -0.2) is 5.78 Å². The fourth-order valence-corrected chi connectivity index (χ4v) is 3.07. The second-order valence-electron chi connectivity index (χ2n) is 6.16. The minimum atomic E-state index is -0.130. The molecular weight excluding hydrogens is 306 g/mol. The highest BCUT2D eigenvalue weighted by atomic mass is 16.1. The van der Waals surface area contributed by atoms with Crippen molar-refractivity contribution >= 4 is 16.6 Å². The first kappa shape index (κ1) is 17.0. The molecular formula is C23H21NO. The van der Waals surface area contributed by atoms with Crippen molar-refractivity contribution in [3.05, 3.63) is 83.4 Å². The van der Waals surface area contributed by atoms with E-state index >= 15 is 0 Å². The van der Waals surface area contributed by atoms with Gasteiger partial charge in [0.05, 0.1) is 5.92 Å². The zero-order valence-electron chi connectivity index (χ0n) is 14.3. The Kier molecular flexibility index (Phi) is 5.28. The summed E-state index contributed by atoms with van der Waals surface area (Å²) >= 11 is 0. The lowest BCUT2D eigenvalue weighted by Gasteiger charge is -2.13. The first-order valence-electron chi connectivity index (χ1n) is 8.45. The second-order valence-corrected chi connectivity index (χ2v) is 6.16. The summed E-state index contributed by atoms with van der Waals surface area (Å²) in [6, 6.07) is 22.3. The third-order valence-corrected chi connectivity index (χ3v) is 4.31. The van der Waals surface area contributed by atoms with Gasteiger partial charge in [-0.25, -0.2) is 0 Å². The van der Waals surface area contributed by atoms with Gasteiger partial charge in [0.25, 0.3) is 0 Å². The molecule has 0 aliphatic carbocycles. The lowest BCUT2D eigenvalue weighted by molar-refractivity contribution is -0.117. The number of rotatable bonds is 4. The van der Waals surface area contributed by atoms with E-state index in [0.29, 0.717) is 13.0 Å². The largest absolute Gasteiger partial charge is 0.326 e. The number of hydrogen-bond donors (Lipinski definition) is 1. The van der Waals surface area contributed by atoms with E-state index in [9.17, 15) is 4.79 Å². The van der Waals surface area contributed by atoms with Crippen molar-refractivity contribution in [2.45, 2.75) is 25.8 Å². The van der Waals surface area contributed by atoms with Gasteiger partial charge in [-0.05, 0) is 34.9 Å². The molecule has 0 fully saturated rings. The standard InChI is InChI=1S/C23H21NO/c1-17(25)15-20(14-13-18-7-2-3-9-21(18)16-24)23-12-6-10-19-8-4-5-11-22(19)23/h2-12,20H,15-16,24H2,1H3. The molecule has 1 atom stereocenters. The zero-order chi connectivity index (χ0) is 17.6. The number of carbonyl (C=O) groups is 1. The summed E-state index contributed by atoms with van der Waals surface area (Å²) in [4.78, 5) is 11.8. The van der Waals surface area contributed by atoms with Crippen LogP contribution in [0, 0.1) is 11.8 Å². The summed E-state index contributed by atoms with van der Waals surface area (Å²) < 4.78 is 0. The van der Waals surface area contributed by atoms with Crippen LogP contribution in [0.1, 0.15) is 36.0 Å². The molecule has 1 unspecified atom stereocenters. The maximum Gasteiger partial charge on any atom is 0.131 e. The summed E-state index contributed by atoms with van der Waals surface area (Å²) in [5.74, 6) is 6.58. The fourth-order valence-electron chi connectivity index (χ4n) is 3.07. The number of benzene rings is 3. The summed E-state index contributed by atoms with van der Waals surface area (Å²) in [7, 11) is 0. The molecule has 124 valence electrons. The Bertz CT molecular complexity index is 957. The lowest BCUT2D eigenvalue weighted by Crippen LogP contribution is -2.04. The topological polar surface area (TPSA) is 43.1 Å². The first-order valence-corrected chi connectivity index (χ1v) is 8.45. The van der Waals surface area contributed by atoms with E-state index in [-0.39, 0.29) is 11.7 Å². The molecule has 2 heteroatoms. The molecule has 25 heavy (non-hydrogen) atoms. The van der Waals surface area contributed by atoms with Gasteiger partial charge in [-0.2, -0.15) is 0 Å². The van der Waals surface area contributed by atoms with Crippen LogP contribution in [0.15, 0.2) is 66.7 Å². The normalized spacial score (nSPS) is 11.6. The highest BCUT2D eigenvalue weighted by Crippen LogP contribution is 2.28. The molecule has 0 aromatic heterocycles. The predicted octanol–water partition coefficient (Wildman–Crippen LogP) is 4.41. The second kappa shape index (κ2) is 7.79. The summed E-state index contributed by atoms with van der Waals surface area (Å²) in [6.07, 6.45) is 0.409. The van der Waals surface area contributed by atoms with Crippen molar-refractivity contribution in [3.8, 4) is 11.8 Å². The van der Waals surface area contributed by atoms with Gasteiger partial charge in [0.1, 0.15) is 5.78 Å². The molecule has 3 aromatic carbocycles. The maximum atomic E-state index is 11.8. The van der Waals surface area contributed by atoms with Crippen molar-refractivity contribution in [3.63, 3.8) is 0 Å². The Labute approximate surface area is 148 Å². The molecule has 0 saturated carbocycles. The summed E-state index contributed by atoms with van der Waals surface area (Å²) in [6.45, 7) is 2.07. The van der Waals surface area contributed by atoms with Crippen LogP contribution in [0.3, 0.4) is 0 Å². The highest BCUT2D eigenvalue weighted by Gasteiger charge is 2.14. The predicted molar refractivity (Wildman–Crippen MR) is 103 cm³/mol. The van der Waals surface area contributed by atoms with Gasteiger partial charge in [0, 0.05) is 18.5 Å². The molecule has 0 spiro atoms. The fraction of sp³-hybridized carbons (Fsp3) is 0.174.